The van der Waals surface area contributed by atoms with Gasteiger partial charge in [0.2, 0.25) is 0 Å². The van der Waals surface area contributed by atoms with Crippen molar-refractivity contribution in [3.05, 3.63) is 28.9 Å². The summed E-state index contributed by atoms with van der Waals surface area (Å²) in [6.45, 7) is 4.20. The normalized spacial score (nSPS) is 10.9. The van der Waals surface area contributed by atoms with Crippen LogP contribution >= 0.6 is 15.9 Å². The number of halogens is 1. The van der Waals surface area contributed by atoms with Gasteiger partial charge in [0.05, 0.1) is 17.4 Å². The highest BCUT2D eigenvalue weighted by molar-refractivity contribution is 9.10. The van der Waals surface area contributed by atoms with Crippen LogP contribution in [0.15, 0.2) is 28.9 Å². The second-order valence-electron chi connectivity index (χ2n) is 3.72. The van der Waals surface area contributed by atoms with Gasteiger partial charge >= 0.3 is 0 Å². The maximum Gasteiger partial charge on any atom is 0.0961 e. The summed E-state index contributed by atoms with van der Waals surface area (Å²) in [5.41, 5.74) is 1.93. The molecule has 2 rings (SSSR count). The molecule has 1 N–H and O–H groups in total. The van der Waals surface area contributed by atoms with Gasteiger partial charge in [-0.1, -0.05) is 15.9 Å². The molecule has 0 aliphatic heterocycles. The van der Waals surface area contributed by atoms with Crippen LogP contribution < -0.4 is 5.32 Å². The maximum atomic E-state index is 4.09. The van der Waals surface area contributed by atoms with E-state index in [-0.39, 0.29) is 0 Å². The third-order valence-corrected chi connectivity index (χ3v) is 2.54. The molecule has 0 atom stereocenters. The third-order valence-electron chi connectivity index (χ3n) is 2.05. The van der Waals surface area contributed by atoms with E-state index in [0.717, 1.165) is 21.1 Å². The molecular weight excluding hydrogens is 254 g/mol. The summed E-state index contributed by atoms with van der Waals surface area (Å²) in [6, 6.07) is 6.41. The topological polar surface area (TPSA) is 37.8 Å². The lowest BCUT2D eigenvalue weighted by Crippen LogP contribution is -2.10. The van der Waals surface area contributed by atoms with E-state index >= 15 is 0 Å². The van der Waals surface area contributed by atoms with Crippen molar-refractivity contribution in [2.24, 2.45) is 0 Å². The van der Waals surface area contributed by atoms with Crippen LogP contribution in [0.3, 0.4) is 0 Å². The minimum Gasteiger partial charge on any atom is -0.381 e. The van der Waals surface area contributed by atoms with Crippen molar-refractivity contribution < 1.29 is 0 Å². The molecule has 1 heterocycles. The first-order valence-corrected chi connectivity index (χ1v) is 5.63. The Labute approximate surface area is 97.0 Å². The van der Waals surface area contributed by atoms with Crippen molar-refractivity contribution >= 4 is 32.5 Å². The van der Waals surface area contributed by atoms with Crippen LogP contribution in [0, 0.1) is 0 Å². The van der Waals surface area contributed by atoms with Crippen molar-refractivity contribution in [2.75, 3.05) is 5.32 Å². The zero-order valence-corrected chi connectivity index (χ0v) is 10.2. The van der Waals surface area contributed by atoms with E-state index < -0.39 is 0 Å². The number of benzene rings is 1. The lowest BCUT2D eigenvalue weighted by Gasteiger charge is -2.11. The molecule has 0 bridgehead atoms. The zero-order chi connectivity index (χ0) is 10.8. The van der Waals surface area contributed by atoms with Crippen LogP contribution in [0.1, 0.15) is 13.8 Å². The van der Waals surface area contributed by atoms with E-state index in [1.165, 1.54) is 0 Å². The first-order chi connectivity index (χ1) is 7.16. The van der Waals surface area contributed by atoms with Gasteiger partial charge in [-0.25, -0.2) is 0 Å². The summed E-state index contributed by atoms with van der Waals surface area (Å²) in [6.07, 6.45) is 1.76. The molecule has 1 aromatic carbocycles. The van der Waals surface area contributed by atoms with Crippen LogP contribution in [-0.4, -0.2) is 16.2 Å². The van der Waals surface area contributed by atoms with E-state index in [1.54, 1.807) is 6.20 Å². The van der Waals surface area contributed by atoms with E-state index in [1.807, 2.05) is 18.2 Å². The summed E-state index contributed by atoms with van der Waals surface area (Å²) < 4.78 is 1.02. The Kier molecular flexibility index (Phi) is 2.86. The Morgan fingerprint density at radius 2 is 2.13 bits per heavy atom. The fourth-order valence-electron chi connectivity index (χ4n) is 1.46. The van der Waals surface area contributed by atoms with Crippen molar-refractivity contribution in [3.63, 3.8) is 0 Å². The van der Waals surface area contributed by atoms with E-state index in [4.69, 9.17) is 0 Å². The molecule has 0 unspecified atom stereocenters. The highest BCUT2D eigenvalue weighted by Gasteiger charge is 2.03. The van der Waals surface area contributed by atoms with Gasteiger partial charge in [-0.3, -0.25) is 0 Å². The average Bonchev–Trinajstić information content (AvgIpc) is 2.16. The number of hydrogen-bond donors (Lipinski definition) is 1. The van der Waals surface area contributed by atoms with Gasteiger partial charge in [-0.05, 0) is 32.0 Å². The monoisotopic (exact) mass is 265 g/mol. The number of nitrogens with zero attached hydrogens (tertiary/aromatic N) is 2. The van der Waals surface area contributed by atoms with E-state index in [9.17, 15) is 0 Å². The highest BCUT2D eigenvalue weighted by Crippen LogP contribution is 2.23. The predicted molar refractivity (Wildman–Crippen MR) is 66.0 cm³/mol. The molecule has 0 saturated heterocycles. The molecule has 4 heteroatoms. The largest absolute Gasteiger partial charge is 0.381 e. The summed E-state index contributed by atoms with van der Waals surface area (Å²) in [5.74, 6) is 0. The summed E-state index contributed by atoms with van der Waals surface area (Å²) >= 11 is 3.42. The molecule has 0 radical (unpaired) electrons. The van der Waals surface area contributed by atoms with Crippen LogP contribution in [0.25, 0.3) is 10.9 Å². The second kappa shape index (κ2) is 4.14. The third kappa shape index (κ3) is 2.26. The number of anilines is 1. The molecule has 2 aromatic rings. The molecule has 0 fully saturated rings. The first-order valence-electron chi connectivity index (χ1n) is 4.84. The molecule has 0 amide bonds. The number of fused-ring (bicyclic) bond motifs is 1. The maximum absolute atomic E-state index is 4.09. The zero-order valence-electron chi connectivity index (χ0n) is 8.66. The molecule has 3 nitrogen and oxygen atoms in total. The van der Waals surface area contributed by atoms with Gasteiger partial charge in [0.1, 0.15) is 0 Å². The summed E-state index contributed by atoms with van der Waals surface area (Å²) in [4.78, 5) is 0. The number of hydrogen-bond acceptors (Lipinski definition) is 3. The molecular formula is C11H12BrN3. The van der Waals surface area contributed by atoms with Crippen LogP contribution in [-0.2, 0) is 0 Å². The standard InChI is InChI=1S/C11H12BrN3/c1-7(2)14-11-6-13-15-10-5-8(12)3-4-9(10)11/h3-7H,1-2H3,(H,14,15). The summed E-state index contributed by atoms with van der Waals surface area (Å²) in [5, 5.41) is 12.5. The van der Waals surface area contributed by atoms with Crippen LogP contribution in [0.5, 0.6) is 0 Å². The Morgan fingerprint density at radius 1 is 1.33 bits per heavy atom. The van der Waals surface area contributed by atoms with Gasteiger partial charge < -0.3 is 5.32 Å². The minimum atomic E-state index is 0.390. The van der Waals surface area contributed by atoms with E-state index in [0.29, 0.717) is 6.04 Å². The van der Waals surface area contributed by atoms with Crippen LogP contribution in [0.2, 0.25) is 0 Å². The SMILES string of the molecule is CC(C)Nc1cnnc2cc(Br)ccc12. The van der Waals surface area contributed by atoms with Gasteiger partial charge in [0.25, 0.3) is 0 Å². The smallest absolute Gasteiger partial charge is 0.0961 e. The molecule has 1 aromatic heterocycles. The Hall–Kier alpha value is -1.16. The summed E-state index contributed by atoms with van der Waals surface area (Å²) in [7, 11) is 0. The van der Waals surface area contributed by atoms with Gasteiger partial charge in [-0.2, -0.15) is 10.2 Å². The minimum absolute atomic E-state index is 0.390. The predicted octanol–water partition coefficient (Wildman–Crippen LogP) is 3.21. The lowest BCUT2D eigenvalue weighted by atomic mass is 10.2. The molecule has 0 aliphatic carbocycles. The average molecular weight is 266 g/mol. The number of rotatable bonds is 2. The van der Waals surface area contributed by atoms with Crippen molar-refractivity contribution in [3.8, 4) is 0 Å². The van der Waals surface area contributed by atoms with E-state index in [2.05, 4.69) is 45.3 Å². The Balaban J connectivity index is 2.56. The van der Waals surface area contributed by atoms with Gasteiger partial charge in [0.15, 0.2) is 0 Å². The fourth-order valence-corrected chi connectivity index (χ4v) is 1.81. The van der Waals surface area contributed by atoms with Gasteiger partial charge in [0, 0.05) is 15.9 Å². The van der Waals surface area contributed by atoms with Crippen molar-refractivity contribution in [1.82, 2.24) is 10.2 Å². The van der Waals surface area contributed by atoms with Gasteiger partial charge in [-0.15, -0.1) is 0 Å². The quantitative estimate of drug-likeness (QED) is 0.906. The first kappa shape index (κ1) is 10.4. The van der Waals surface area contributed by atoms with Crippen molar-refractivity contribution in [1.29, 1.82) is 0 Å². The van der Waals surface area contributed by atoms with Crippen molar-refractivity contribution in [2.45, 2.75) is 19.9 Å². The highest BCUT2D eigenvalue weighted by atomic mass is 79.9. The number of aromatic nitrogens is 2. The fraction of sp³-hybridized carbons (Fsp3) is 0.273. The molecule has 15 heavy (non-hydrogen) atoms. The van der Waals surface area contributed by atoms with Crippen LogP contribution in [0.4, 0.5) is 5.69 Å². The molecule has 0 spiro atoms. The second-order valence-corrected chi connectivity index (χ2v) is 4.63. The Morgan fingerprint density at radius 3 is 2.87 bits per heavy atom. The molecule has 78 valence electrons. The number of nitrogens with one attached hydrogen (secondary N) is 1. The Bertz CT molecular complexity index is 482. The lowest BCUT2D eigenvalue weighted by molar-refractivity contribution is 0.897. The molecule has 0 saturated carbocycles. The molecule has 0 aliphatic rings.